The third-order valence-corrected chi connectivity index (χ3v) is 2.49. The topological polar surface area (TPSA) is 102 Å². The summed E-state index contributed by atoms with van der Waals surface area (Å²) < 4.78 is 0. The van der Waals surface area contributed by atoms with Crippen LogP contribution in [0, 0.1) is 0 Å². The molecule has 0 aliphatic heterocycles. The molecule has 0 aromatic heterocycles. The van der Waals surface area contributed by atoms with Crippen LogP contribution in [0.15, 0.2) is 4.99 Å². The molecule has 0 aromatic rings. The zero-order chi connectivity index (χ0) is 12.3. The van der Waals surface area contributed by atoms with E-state index in [0.717, 1.165) is 0 Å². The first-order valence-corrected chi connectivity index (χ1v) is 5.29. The van der Waals surface area contributed by atoms with Crippen molar-refractivity contribution in [1.29, 1.82) is 0 Å². The first-order chi connectivity index (χ1) is 7.51. The van der Waals surface area contributed by atoms with Crippen LogP contribution in [0.3, 0.4) is 0 Å². The summed E-state index contributed by atoms with van der Waals surface area (Å²) in [7, 11) is 0. The van der Waals surface area contributed by atoms with Gasteiger partial charge in [-0.3, -0.25) is 15.1 Å². The summed E-state index contributed by atoms with van der Waals surface area (Å²) in [5.74, 6) is -0.270. The van der Waals surface area contributed by atoms with Gasteiger partial charge in [0.15, 0.2) is 5.78 Å². The fraction of sp³-hybridized carbons (Fsp3) is 0.800. The second kappa shape index (κ2) is 5.49. The van der Waals surface area contributed by atoms with E-state index in [4.69, 9.17) is 10.2 Å². The van der Waals surface area contributed by atoms with Crippen LogP contribution in [-0.2, 0) is 4.79 Å². The van der Waals surface area contributed by atoms with E-state index in [1.807, 2.05) is 0 Å². The van der Waals surface area contributed by atoms with E-state index in [2.05, 4.69) is 10.3 Å². The number of carbonyl (C=O) groups excluding carboxylic acids is 1. The lowest BCUT2D eigenvalue weighted by Gasteiger charge is -2.35. The largest absolute Gasteiger partial charge is 0.395 e. The van der Waals surface area contributed by atoms with Gasteiger partial charge in [0.05, 0.1) is 19.3 Å². The maximum absolute atomic E-state index is 11.6. The van der Waals surface area contributed by atoms with Crippen LogP contribution in [0.2, 0.25) is 0 Å². The number of ketones is 1. The Balaban J connectivity index is 2.58. The van der Waals surface area contributed by atoms with Crippen molar-refractivity contribution in [3.63, 3.8) is 0 Å². The molecule has 6 heteroatoms. The molecular formula is C10H18N2O4. The first kappa shape index (κ1) is 13.2. The smallest absolute Gasteiger partial charge is 0.199 e. The number of aliphatic imine (C=N–C) groups is 1. The summed E-state index contributed by atoms with van der Waals surface area (Å²) >= 11 is 0. The molecule has 6 nitrogen and oxygen atoms in total. The Morgan fingerprint density at radius 2 is 2.00 bits per heavy atom. The minimum absolute atomic E-state index is 0.101. The van der Waals surface area contributed by atoms with Crippen molar-refractivity contribution in [2.75, 3.05) is 13.2 Å². The first-order valence-electron chi connectivity index (χ1n) is 5.29. The molecule has 1 saturated carbocycles. The molecule has 0 bridgehead atoms. The van der Waals surface area contributed by atoms with Crippen LogP contribution in [0.5, 0.6) is 0 Å². The van der Waals surface area contributed by atoms with Gasteiger partial charge in [0.2, 0.25) is 0 Å². The minimum atomic E-state index is -0.949. The van der Waals surface area contributed by atoms with Gasteiger partial charge in [-0.05, 0) is 13.8 Å². The zero-order valence-electron chi connectivity index (χ0n) is 9.42. The predicted octanol–water partition coefficient (Wildman–Crippen LogP) is -1.91. The van der Waals surface area contributed by atoms with Crippen molar-refractivity contribution in [2.45, 2.75) is 38.1 Å². The summed E-state index contributed by atoms with van der Waals surface area (Å²) in [4.78, 5) is 15.5. The van der Waals surface area contributed by atoms with Crippen molar-refractivity contribution in [1.82, 2.24) is 5.32 Å². The third-order valence-electron chi connectivity index (χ3n) is 2.49. The highest BCUT2D eigenvalue weighted by Gasteiger charge is 2.46. The summed E-state index contributed by atoms with van der Waals surface area (Å²) in [6, 6.07) is -1.32. The van der Waals surface area contributed by atoms with E-state index in [9.17, 15) is 9.90 Å². The van der Waals surface area contributed by atoms with E-state index in [-0.39, 0.29) is 36.8 Å². The Labute approximate surface area is 94.0 Å². The highest BCUT2D eigenvalue weighted by Crippen LogP contribution is 2.15. The molecule has 1 aliphatic carbocycles. The highest BCUT2D eigenvalue weighted by atomic mass is 16.3. The van der Waals surface area contributed by atoms with E-state index in [0.29, 0.717) is 0 Å². The standard InChI is InChI=1S/C10H18N2O4/c1-5(3-13)11-7-9(15)8(10(7)16)12-6(2)4-14/h5-7,9,11,13-15H,3-4H2,1-2H3. The van der Waals surface area contributed by atoms with E-state index < -0.39 is 12.1 Å². The van der Waals surface area contributed by atoms with Crippen LogP contribution in [-0.4, -0.2) is 64.3 Å². The number of carbonyl (C=O) groups is 1. The van der Waals surface area contributed by atoms with Crippen molar-refractivity contribution in [3.8, 4) is 0 Å². The molecular weight excluding hydrogens is 212 g/mol. The fourth-order valence-electron chi connectivity index (χ4n) is 1.45. The van der Waals surface area contributed by atoms with E-state index in [1.165, 1.54) is 0 Å². The molecule has 1 fully saturated rings. The normalized spacial score (nSPS) is 31.3. The maximum Gasteiger partial charge on any atom is 0.199 e. The molecule has 16 heavy (non-hydrogen) atoms. The molecule has 4 N–H and O–H groups in total. The van der Waals surface area contributed by atoms with Gasteiger partial charge in [-0.15, -0.1) is 0 Å². The Hall–Kier alpha value is -0.820. The van der Waals surface area contributed by atoms with Gasteiger partial charge in [0, 0.05) is 6.04 Å². The molecule has 1 rings (SSSR count). The molecule has 0 radical (unpaired) electrons. The highest BCUT2D eigenvalue weighted by molar-refractivity contribution is 6.50. The zero-order valence-corrected chi connectivity index (χ0v) is 9.42. The average Bonchev–Trinajstić information content (AvgIpc) is 2.31. The molecule has 0 spiro atoms. The van der Waals surface area contributed by atoms with Crippen molar-refractivity contribution in [3.05, 3.63) is 0 Å². The van der Waals surface area contributed by atoms with Crippen LogP contribution < -0.4 is 5.32 Å². The fourth-order valence-corrected chi connectivity index (χ4v) is 1.45. The quantitative estimate of drug-likeness (QED) is 0.441. The van der Waals surface area contributed by atoms with Crippen molar-refractivity contribution >= 4 is 11.5 Å². The van der Waals surface area contributed by atoms with E-state index >= 15 is 0 Å². The van der Waals surface area contributed by atoms with Crippen molar-refractivity contribution in [2.24, 2.45) is 4.99 Å². The van der Waals surface area contributed by atoms with E-state index in [1.54, 1.807) is 13.8 Å². The lowest BCUT2D eigenvalue weighted by atomic mass is 9.84. The number of nitrogens with zero attached hydrogens (tertiary/aromatic N) is 1. The molecule has 4 atom stereocenters. The molecule has 0 saturated heterocycles. The maximum atomic E-state index is 11.6. The summed E-state index contributed by atoms with van der Waals surface area (Å²) in [6.07, 6.45) is -0.949. The average molecular weight is 230 g/mol. The van der Waals surface area contributed by atoms with Gasteiger partial charge in [0.1, 0.15) is 17.9 Å². The van der Waals surface area contributed by atoms with Gasteiger partial charge in [-0.2, -0.15) is 0 Å². The molecule has 0 heterocycles. The van der Waals surface area contributed by atoms with Gasteiger partial charge >= 0.3 is 0 Å². The van der Waals surface area contributed by atoms with Crippen LogP contribution >= 0.6 is 0 Å². The van der Waals surface area contributed by atoms with Gasteiger partial charge in [-0.1, -0.05) is 0 Å². The Morgan fingerprint density at radius 3 is 2.44 bits per heavy atom. The van der Waals surface area contributed by atoms with Gasteiger partial charge < -0.3 is 15.3 Å². The summed E-state index contributed by atoms with van der Waals surface area (Å²) in [6.45, 7) is 3.11. The number of Topliss-reactive ketones (excluding diaryl/α,β-unsaturated/α-hetero) is 1. The summed E-state index contributed by atoms with van der Waals surface area (Å²) in [5, 5.41) is 30.0. The van der Waals surface area contributed by atoms with Crippen LogP contribution in [0.25, 0.3) is 0 Å². The summed E-state index contributed by atoms with van der Waals surface area (Å²) in [5.41, 5.74) is 0.101. The molecule has 0 amide bonds. The number of hydrogen-bond donors (Lipinski definition) is 4. The predicted molar refractivity (Wildman–Crippen MR) is 58.5 cm³/mol. The Bertz CT molecular complexity index is 293. The second-order valence-corrected chi connectivity index (χ2v) is 4.08. The number of aliphatic hydroxyl groups excluding tert-OH is 3. The monoisotopic (exact) mass is 230 g/mol. The van der Waals surface area contributed by atoms with Crippen molar-refractivity contribution < 1.29 is 20.1 Å². The number of aliphatic hydroxyl groups is 3. The van der Waals surface area contributed by atoms with Crippen LogP contribution in [0.1, 0.15) is 13.8 Å². The molecule has 4 unspecified atom stereocenters. The van der Waals surface area contributed by atoms with Gasteiger partial charge in [-0.25, -0.2) is 0 Å². The third kappa shape index (κ3) is 2.65. The van der Waals surface area contributed by atoms with Gasteiger partial charge in [0.25, 0.3) is 0 Å². The Kier molecular flexibility index (Phi) is 4.55. The lowest BCUT2D eigenvalue weighted by molar-refractivity contribution is -0.121. The Morgan fingerprint density at radius 1 is 1.38 bits per heavy atom. The number of hydrogen-bond acceptors (Lipinski definition) is 6. The SMILES string of the molecule is CC(CO)N=C1C(=O)C(NC(C)CO)C1O. The van der Waals surface area contributed by atoms with Crippen LogP contribution in [0.4, 0.5) is 0 Å². The number of rotatable bonds is 5. The molecule has 0 aromatic carbocycles. The second-order valence-electron chi connectivity index (χ2n) is 4.08. The minimum Gasteiger partial charge on any atom is -0.395 e. The number of nitrogens with one attached hydrogen (secondary N) is 1. The molecule has 92 valence electrons. The lowest BCUT2D eigenvalue weighted by Crippen LogP contribution is -2.66. The molecule has 1 aliphatic rings.